The van der Waals surface area contributed by atoms with Gasteiger partial charge >= 0.3 is 5.97 Å². The molecule has 0 bridgehead atoms. The predicted octanol–water partition coefficient (Wildman–Crippen LogP) is 1.24. The highest BCUT2D eigenvalue weighted by Gasteiger charge is 2.49. The number of rotatable bonds is 4. The number of ether oxygens (including phenoxy) is 3. The van der Waals surface area contributed by atoms with Gasteiger partial charge < -0.3 is 19.3 Å². The van der Waals surface area contributed by atoms with Crippen molar-refractivity contribution in [1.29, 1.82) is 5.26 Å². The highest BCUT2D eigenvalue weighted by molar-refractivity contribution is 8.04. The van der Waals surface area contributed by atoms with E-state index in [9.17, 15) is 9.90 Å². The molecule has 108 valence electrons. The summed E-state index contributed by atoms with van der Waals surface area (Å²) in [6.07, 6.45) is -1.24. The summed E-state index contributed by atoms with van der Waals surface area (Å²) in [5, 5.41) is 20.9. The van der Waals surface area contributed by atoms with E-state index in [1.165, 1.54) is 7.11 Å². The number of carbonyl (C=O) groups is 1. The number of thioether (sulfide) groups is 1. The van der Waals surface area contributed by atoms with E-state index in [-0.39, 0.29) is 19.0 Å². The van der Waals surface area contributed by atoms with Gasteiger partial charge in [0, 0.05) is 13.5 Å². The molecule has 1 heterocycles. The standard InChI is InChI=1S/C12H19NO5S/c1-11(2,3)10(14)17-6-8-12(15,19-7-13)5-9(16-4)18-8/h8-9,15H,5-6H2,1-4H3/t8-,9+,12-/m1/s1. The highest BCUT2D eigenvalue weighted by Crippen LogP contribution is 2.39. The number of nitriles is 1. The van der Waals surface area contributed by atoms with Gasteiger partial charge in [-0.3, -0.25) is 4.79 Å². The van der Waals surface area contributed by atoms with Gasteiger partial charge in [-0.25, -0.2) is 0 Å². The molecule has 1 aliphatic rings. The Balaban J connectivity index is 2.65. The Morgan fingerprint density at radius 1 is 1.63 bits per heavy atom. The van der Waals surface area contributed by atoms with Gasteiger partial charge in [-0.15, -0.1) is 0 Å². The lowest BCUT2D eigenvalue weighted by atomic mass is 9.97. The number of hydrogen-bond donors (Lipinski definition) is 1. The van der Waals surface area contributed by atoms with Crippen LogP contribution in [0.25, 0.3) is 0 Å². The summed E-state index contributed by atoms with van der Waals surface area (Å²) in [6.45, 7) is 5.10. The Morgan fingerprint density at radius 3 is 2.74 bits per heavy atom. The summed E-state index contributed by atoms with van der Waals surface area (Å²) in [7, 11) is 1.45. The minimum atomic E-state index is -1.42. The van der Waals surface area contributed by atoms with Crippen molar-refractivity contribution in [3.8, 4) is 5.40 Å². The number of thiocyanates is 1. The molecule has 0 aromatic heterocycles. The van der Waals surface area contributed by atoms with E-state index in [1.54, 1.807) is 20.8 Å². The normalized spacial score (nSPS) is 30.9. The van der Waals surface area contributed by atoms with Crippen molar-refractivity contribution in [3.63, 3.8) is 0 Å². The maximum absolute atomic E-state index is 11.7. The largest absolute Gasteiger partial charge is 0.462 e. The molecule has 0 aliphatic carbocycles. The summed E-state index contributed by atoms with van der Waals surface area (Å²) in [5.41, 5.74) is -0.625. The summed E-state index contributed by atoms with van der Waals surface area (Å²) in [4.78, 5) is 10.3. The third kappa shape index (κ3) is 4.08. The Bertz CT molecular complexity index is 375. The topological polar surface area (TPSA) is 88.8 Å². The van der Waals surface area contributed by atoms with Crippen molar-refractivity contribution in [3.05, 3.63) is 0 Å². The van der Waals surface area contributed by atoms with E-state index < -0.39 is 22.7 Å². The summed E-state index contributed by atoms with van der Waals surface area (Å²) in [5.74, 6) is -0.388. The molecule has 1 fully saturated rings. The summed E-state index contributed by atoms with van der Waals surface area (Å²) < 4.78 is 15.6. The first kappa shape index (κ1) is 16.2. The van der Waals surface area contributed by atoms with Crippen molar-refractivity contribution < 1.29 is 24.1 Å². The number of carbonyl (C=O) groups excluding carboxylic acids is 1. The van der Waals surface area contributed by atoms with Gasteiger partial charge in [0.25, 0.3) is 0 Å². The lowest BCUT2D eigenvalue weighted by Gasteiger charge is -2.25. The van der Waals surface area contributed by atoms with Gasteiger partial charge in [0.15, 0.2) is 11.2 Å². The molecule has 6 nitrogen and oxygen atoms in total. The van der Waals surface area contributed by atoms with Gasteiger partial charge in [0.05, 0.1) is 5.41 Å². The molecule has 7 heteroatoms. The molecule has 1 saturated heterocycles. The van der Waals surface area contributed by atoms with Crippen LogP contribution in [0.3, 0.4) is 0 Å². The number of esters is 1. The van der Waals surface area contributed by atoms with E-state index >= 15 is 0 Å². The molecular formula is C12H19NO5S. The Morgan fingerprint density at radius 2 is 2.26 bits per heavy atom. The highest BCUT2D eigenvalue weighted by atomic mass is 32.2. The zero-order valence-corrected chi connectivity index (χ0v) is 12.3. The van der Waals surface area contributed by atoms with E-state index in [1.807, 2.05) is 5.40 Å². The van der Waals surface area contributed by atoms with Gasteiger partial charge in [0.2, 0.25) is 0 Å². The lowest BCUT2D eigenvalue weighted by Crippen LogP contribution is -2.39. The van der Waals surface area contributed by atoms with Crippen molar-refractivity contribution in [2.24, 2.45) is 5.41 Å². The van der Waals surface area contributed by atoms with Crippen LogP contribution in [0.5, 0.6) is 0 Å². The molecule has 0 aromatic rings. The minimum absolute atomic E-state index is 0.110. The van der Waals surface area contributed by atoms with E-state index in [2.05, 4.69) is 0 Å². The second-order valence-corrected chi connectivity index (χ2v) is 6.47. The predicted molar refractivity (Wildman–Crippen MR) is 68.9 cm³/mol. The molecule has 3 atom stereocenters. The fraction of sp³-hybridized carbons (Fsp3) is 0.833. The molecule has 0 saturated carbocycles. The molecule has 19 heavy (non-hydrogen) atoms. The molecule has 1 rings (SSSR count). The van der Waals surface area contributed by atoms with Crippen molar-refractivity contribution >= 4 is 17.7 Å². The molecule has 0 amide bonds. The van der Waals surface area contributed by atoms with Gasteiger partial charge in [-0.05, 0) is 32.5 Å². The number of hydrogen-bond acceptors (Lipinski definition) is 7. The van der Waals surface area contributed by atoms with Crippen molar-refractivity contribution in [2.45, 2.75) is 44.5 Å². The van der Waals surface area contributed by atoms with Crippen LogP contribution in [0.15, 0.2) is 0 Å². The molecule has 0 radical (unpaired) electrons. The van der Waals surface area contributed by atoms with Crippen molar-refractivity contribution in [1.82, 2.24) is 0 Å². The lowest BCUT2D eigenvalue weighted by molar-refractivity contribution is -0.166. The maximum atomic E-state index is 11.7. The molecule has 1 aliphatic heterocycles. The zero-order chi connectivity index (χ0) is 14.7. The summed E-state index contributed by atoms with van der Waals surface area (Å²) >= 11 is 0.692. The third-order valence-corrected chi connectivity index (χ3v) is 3.62. The second kappa shape index (κ2) is 6.09. The second-order valence-electron chi connectivity index (χ2n) is 5.38. The first-order chi connectivity index (χ1) is 8.73. The third-order valence-electron chi connectivity index (χ3n) is 2.74. The van der Waals surface area contributed by atoms with E-state index in [0.717, 1.165) is 0 Å². The van der Waals surface area contributed by atoms with Crippen LogP contribution in [0.2, 0.25) is 0 Å². The molecule has 1 N–H and O–H groups in total. The van der Waals surface area contributed by atoms with E-state index in [0.29, 0.717) is 11.8 Å². The number of aliphatic hydroxyl groups is 1. The molecular weight excluding hydrogens is 270 g/mol. The van der Waals surface area contributed by atoms with Crippen LogP contribution < -0.4 is 0 Å². The van der Waals surface area contributed by atoms with Crippen LogP contribution in [0.1, 0.15) is 27.2 Å². The number of nitrogens with zero attached hydrogens (tertiary/aromatic N) is 1. The Kier molecular flexibility index (Phi) is 5.21. The average molecular weight is 289 g/mol. The Hall–Kier alpha value is -0.810. The first-order valence-electron chi connectivity index (χ1n) is 5.88. The molecule has 0 spiro atoms. The SMILES string of the molecule is CO[C@@H]1C[C@@](O)(SC#N)[C@@H](COC(=O)C(C)(C)C)O1. The molecule has 0 aromatic carbocycles. The minimum Gasteiger partial charge on any atom is -0.462 e. The van der Waals surface area contributed by atoms with Gasteiger partial charge in [-0.2, -0.15) is 5.26 Å². The van der Waals surface area contributed by atoms with E-state index in [4.69, 9.17) is 19.5 Å². The van der Waals surface area contributed by atoms with Gasteiger partial charge in [-0.1, -0.05) is 0 Å². The van der Waals surface area contributed by atoms with Crippen LogP contribution in [0, 0.1) is 16.1 Å². The summed E-state index contributed by atoms with van der Waals surface area (Å²) in [6, 6.07) is 0. The fourth-order valence-corrected chi connectivity index (χ4v) is 2.20. The van der Waals surface area contributed by atoms with Crippen LogP contribution in [-0.2, 0) is 19.0 Å². The quantitative estimate of drug-likeness (QED) is 0.473. The van der Waals surface area contributed by atoms with Crippen molar-refractivity contribution in [2.75, 3.05) is 13.7 Å². The zero-order valence-electron chi connectivity index (χ0n) is 11.5. The monoisotopic (exact) mass is 289 g/mol. The number of methoxy groups -OCH3 is 1. The smallest absolute Gasteiger partial charge is 0.311 e. The maximum Gasteiger partial charge on any atom is 0.311 e. The van der Waals surface area contributed by atoms with Crippen LogP contribution in [0.4, 0.5) is 0 Å². The van der Waals surface area contributed by atoms with Crippen LogP contribution >= 0.6 is 11.8 Å². The first-order valence-corrected chi connectivity index (χ1v) is 6.69. The Labute approximate surface area is 117 Å². The molecule has 0 unspecified atom stereocenters. The average Bonchev–Trinajstić information content (AvgIpc) is 2.62. The van der Waals surface area contributed by atoms with Crippen LogP contribution in [-0.4, -0.2) is 42.1 Å². The fourth-order valence-electron chi connectivity index (χ4n) is 1.57. The van der Waals surface area contributed by atoms with Gasteiger partial charge in [0.1, 0.15) is 18.1 Å².